The standard InChI is InChI=1S/C20H29N3O3/c1-16-4-6-17(7-5-16)20(25)23(15-18-3-2-14-26-18)11-8-19(24)22-12-9-21-10-13-22/h4-7,18,21H,2-3,8-15H2,1H3. The van der Waals surface area contributed by atoms with Crippen LogP contribution >= 0.6 is 0 Å². The van der Waals surface area contributed by atoms with Crippen LogP contribution in [0.3, 0.4) is 0 Å². The first kappa shape index (κ1) is 18.9. The molecule has 0 aliphatic carbocycles. The van der Waals surface area contributed by atoms with Gasteiger partial charge < -0.3 is 19.9 Å². The smallest absolute Gasteiger partial charge is 0.253 e. The van der Waals surface area contributed by atoms with E-state index in [0.29, 0.717) is 25.1 Å². The number of nitrogens with one attached hydrogen (secondary N) is 1. The topological polar surface area (TPSA) is 61.9 Å². The summed E-state index contributed by atoms with van der Waals surface area (Å²) in [4.78, 5) is 29.1. The van der Waals surface area contributed by atoms with Crippen molar-refractivity contribution in [2.75, 3.05) is 45.9 Å². The maximum Gasteiger partial charge on any atom is 0.253 e. The Hall–Kier alpha value is -1.92. The average Bonchev–Trinajstić information content (AvgIpc) is 3.19. The van der Waals surface area contributed by atoms with E-state index in [4.69, 9.17) is 4.74 Å². The highest BCUT2D eigenvalue weighted by molar-refractivity contribution is 5.94. The van der Waals surface area contributed by atoms with E-state index in [1.807, 2.05) is 36.1 Å². The van der Waals surface area contributed by atoms with Crippen molar-refractivity contribution in [1.82, 2.24) is 15.1 Å². The Bertz CT molecular complexity index is 605. The molecule has 1 unspecified atom stereocenters. The third kappa shape index (κ3) is 5.05. The van der Waals surface area contributed by atoms with Gasteiger partial charge >= 0.3 is 0 Å². The van der Waals surface area contributed by atoms with Crippen LogP contribution in [0.2, 0.25) is 0 Å². The summed E-state index contributed by atoms with van der Waals surface area (Å²) in [6.45, 7) is 6.94. The van der Waals surface area contributed by atoms with Gasteiger partial charge in [0.05, 0.1) is 6.10 Å². The molecule has 0 bridgehead atoms. The highest BCUT2D eigenvalue weighted by Crippen LogP contribution is 2.16. The predicted molar refractivity (Wildman–Crippen MR) is 100 cm³/mol. The molecule has 1 aromatic carbocycles. The molecule has 0 spiro atoms. The van der Waals surface area contributed by atoms with Gasteiger partial charge in [0.15, 0.2) is 0 Å². The average molecular weight is 359 g/mol. The molecule has 3 rings (SSSR count). The van der Waals surface area contributed by atoms with Gasteiger partial charge in [-0.05, 0) is 31.9 Å². The van der Waals surface area contributed by atoms with Crippen molar-refractivity contribution >= 4 is 11.8 Å². The van der Waals surface area contributed by atoms with E-state index in [0.717, 1.165) is 51.2 Å². The Labute approximate surface area is 155 Å². The second-order valence-electron chi connectivity index (χ2n) is 7.13. The Morgan fingerprint density at radius 2 is 1.96 bits per heavy atom. The summed E-state index contributed by atoms with van der Waals surface area (Å²) in [5, 5.41) is 3.25. The van der Waals surface area contributed by atoms with Crippen molar-refractivity contribution in [2.24, 2.45) is 0 Å². The van der Waals surface area contributed by atoms with Crippen LogP contribution in [0.4, 0.5) is 0 Å². The molecule has 0 saturated carbocycles. The lowest BCUT2D eigenvalue weighted by Crippen LogP contribution is -2.47. The van der Waals surface area contributed by atoms with Gasteiger partial charge in [-0.25, -0.2) is 0 Å². The van der Waals surface area contributed by atoms with Crippen LogP contribution < -0.4 is 5.32 Å². The summed E-state index contributed by atoms with van der Waals surface area (Å²) < 4.78 is 5.71. The first-order valence-corrected chi connectivity index (χ1v) is 9.59. The third-order valence-corrected chi connectivity index (χ3v) is 5.10. The molecular weight excluding hydrogens is 330 g/mol. The van der Waals surface area contributed by atoms with Crippen LogP contribution in [0.1, 0.15) is 35.2 Å². The minimum Gasteiger partial charge on any atom is -0.376 e. The lowest BCUT2D eigenvalue weighted by Gasteiger charge is -2.30. The van der Waals surface area contributed by atoms with Gasteiger partial charge in [0, 0.05) is 57.9 Å². The molecule has 2 aliphatic rings. The summed E-state index contributed by atoms with van der Waals surface area (Å²) in [6, 6.07) is 7.61. The first-order valence-electron chi connectivity index (χ1n) is 9.59. The van der Waals surface area contributed by atoms with Crippen molar-refractivity contribution in [3.05, 3.63) is 35.4 Å². The van der Waals surface area contributed by atoms with Crippen molar-refractivity contribution in [2.45, 2.75) is 32.3 Å². The van der Waals surface area contributed by atoms with Crippen molar-refractivity contribution in [1.29, 1.82) is 0 Å². The molecule has 0 radical (unpaired) electrons. The number of rotatable bonds is 6. The summed E-state index contributed by atoms with van der Waals surface area (Å²) in [7, 11) is 0. The number of carbonyl (C=O) groups is 2. The number of hydrogen-bond donors (Lipinski definition) is 1. The zero-order valence-corrected chi connectivity index (χ0v) is 15.6. The summed E-state index contributed by atoms with van der Waals surface area (Å²) >= 11 is 0. The van der Waals surface area contributed by atoms with Gasteiger partial charge in [-0.2, -0.15) is 0 Å². The second kappa shape index (κ2) is 9.14. The van der Waals surface area contributed by atoms with Crippen molar-refractivity contribution < 1.29 is 14.3 Å². The van der Waals surface area contributed by atoms with Gasteiger partial charge in [0.2, 0.25) is 5.91 Å². The fourth-order valence-corrected chi connectivity index (χ4v) is 3.49. The van der Waals surface area contributed by atoms with E-state index in [2.05, 4.69) is 5.32 Å². The fraction of sp³-hybridized carbons (Fsp3) is 0.600. The molecule has 2 heterocycles. The van der Waals surface area contributed by atoms with Crippen LogP contribution in [0.25, 0.3) is 0 Å². The van der Waals surface area contributed by atoms with Gasteiger partial charge in [-0.3, -0.25) is 9.59 Å². The molecule has 142 valence electrons. The number of hydrogen-bond acceptors (Lipinski definition) is 4. The molecule has 1 N–H and O–H groups in total. The minimum absolute atomic E-state index is 0.0198. The molecular formula is C20H29N3O3. The van der Waals surface area contributed by atoms with Crippen molar-refractivity contribution in [3.8, 4) is 0 Å². The maximum atomic E-state index is 13.0. The van der Waals surface area contributed by atoms with Gasteiger partial charge in [-0.1, -0.05) is 17.7 Å². The Balaban J connectivity index is 1.63. The van der Waals surface area contributed by atoms with E-state index in [1.54, 1.807) is 4.90 Å². The lowest BCUT2D eigenvalue weighted by molar-refractivity contribution is -0.132. The van der Waals surface area contributed by atoms with Crippen LogP contribution in [-0.2, 0) is 9.53 Å². The normalized spacial score (nSPS) is 20.2. The second-order valence-corrected chi connectivity index (χ2v) is 7.13. The van der Waals surface area contributed by atoms with E-state index >= 15 is 0 Å². The van der Waals surface area contributed by atoms with Gasteiger partial charge in [0.25, 0.3) is 5.91 Å². The number of ether oxygens (including phenoxy) is 1. The summed E-state index contributed by atoms with van der Waals surface area (Å²) in [5.74, 6) is 0.106. The molecule has 2 amide bonds. The molecule has 6 nitrogen and oxygen atoms in total. The molecule has 2 saturated heterocycles. The zero-order chi connectivity index (χ0) is 18.4. The number of piperazine rings is 1. The van der Waals surface area contributed by atoms with Gasteiger partial charge in [-0.15, -0.1) is 0 Å². The molecule has 0 aromatic heterocycles. The largest absolute Gasteiger partial charge is 0.376 e. The SMILES string of the molecule is Cc1ccc(C(=O)N(CCC(=O)N2CCNCC2)CC2CCCO2)cc1. The Morgan fingerprint density at radius 1 is 1.23 bits per heavy atom. The molecule has 1 aromatic rings. The number of nitrogens with zero attached hydrogens (tertiary/aromatic N) is 2. The highest BCUT2D eigenvalue weighted by atomic mass is 16.5. The zero-order valence-electron chi connectivity index (χ0n) is 15.6. The van der Waals surface area contributed by atoms with Gasteiger partial charge in [0.1, 0.15) is 0 Å². The van der Waals surface area contributed by atoms with Crippen LogP contribution in [0.5, 0.6) is 0 Å². The van der Waals surface area contributed by atoms with Crippen molar-refractivity contribution in [3.63, 3.8) is 0 Å². The van der Waals surface area contributed by atoms with E-state index < -0.39 is 0 Å². The number of amides is 2. The molecule has 26 heavy (non-hydrogen) atoms. The minimum atomic E-state index is -0.0198. The Morgan fingerprint density at radius 3 is 2.62 bits per heavy atom. The Kier molecular flexibility index (Phi) is 6.63. The van der Waals surface area contributed by atoms with Crippen LogP contribution in [0, 0.1) is 6.92 Å². The number of benzene rings is 1. The number of carbonyl (C=O) groups excluding carboxylic acids is 2. The van der Waals surface area contributed by atoms with E-state index in [9.17, 15) is 9.59 Å². The summed E-state index contributed by atoms with van der Waals surface area (Å²) in [5.41, 5.74) is 1.80. The highest BCUT2D eigenvalue weighted by Gasteiger charge is 2.25. The van der Waals surface area contributed by atoms with Crippen LogP contribution in [-0.4, -0.2) is 73.6 Å². The monoisotopic (exact) mass is 359 g/mol. The number of aryl methyl sites for hydroxylation is 1. The quantitative estimate of drug-likeness (QED) is 0.835. The summed E-state index contributed by atoms with van der Waals surface area (Å²) in [6.07, 6.45) is 2.46. The fourth-order valence-electron chi connectivity index (χ4n) is 3.49. The molecule has 6 heteroatoms. The molecule has 2 aliphatic heterocycles. The van der Waals surface area contributed by atoms with E-state index in [1.165, 1.54) is 0 Å². The molecule has 1 atom stereocenters. The van der Waals surface area contributed by atoms with E-state index in [-0.39, 0.29) is 17.9 Å². The van der Waals surface area contributed by atoms with Crippen LogP contribution in [0.15, 0.2) is 24.3 Å². The maximum absolute atomic E-state index is 13.0. The third-order valence-electron chi connectivity index (χ3n) is 5.10. The lowest BCUT2D eigenvalue weighted by atomic mass is 10.1. The predicted octanol–water partition coefficient (Wildman–Crippen LogP) is 1.44. The first-order chi connectivity index (χ1) is 12.6. The molecule has 2 fully saturated rings.